The van der Waals surface area contributed by atoms with E-state index in [0.29, 0.717) is 52.8 Å². The average molecular weight is 1810 g/mol. The van der Waals surface area contributed by atoms with Crippen molar-refractivity contribution < 1.29 is 0 Å². The molecule has 0 amide bonds. The fraction of sp³-hybridized carbons (Fsp3) is 0. The molecule has 30 aromatic rings. The van der Waals surface area contributed by atoms with Crippen LogP contribution >= 0.6 is 0 Å². The van der Waals surface area contributed by atoms with E-state index in [4.69, 9.17) is 105 Å². The Bertz CT molecular complexity index is 10000. The van der Waals surface area contributed by atoms with Gasteiger partial charge >= 0.3 is 0 Å². The third-order valence-electron chi connectivity index (χ3n) is 26.4. The lowest BCUT2D eigenvalue weighted by atomic mass is 9.99. The zero-order valence-corrected chi connectivity index (χ0v) is 74.3. The monoisotopic (exact) mass is 1810 g/mol. The van der Waals surface area contributed by atoms with Gasteiger partial charge in [-0.2, -0.15) is 29.9 Å². The Balaban J connectivity index is 0.000000104. The average Bonchev–Trinajstić information content (AvgIpc) is 1.51. The van der Waals surface area contributed by atoms with Crippen LogP contribution in [0.5, 0.6) is 0 Å². The van der Waals surface area contributed by atoms with Gasteiger partial charge in [-0.3, -0.25) is 29.9 Å². The minimum absolute atomic E-state index is 0.416. The number of fused-ring (bicyclic) bond motifs is 27. The Labute approximate surface area is 797 Å². The molecule has 0 aliphatic heterocycles. The van der Waals surface area contributed by atoms with Crippen LogP contribution in [0.15, 0.2) is 402 Å². The normalized spacial score (nSPS) is 11.8. The molecule has 0 bridgehead atoms. The molecular weight excluding hydrogens is 1740 g/mol. The summed E-state index contributed by atoms with van der Waals surface area (Å²) in [7, 11) is 0. The van der Waals surface area contributed by atoms with E-state index < -0.39 is 0 Å². The minimum atomic E-state index is 0.416. The largest absolute Gasteiger partial charge is 0.256 e. The molecule has 654 valence electrons. The van der Waals surface area contributed by atoms with Gasteiger partial charge in [0.1, 0.15) is 33.9 Å². The first-order valence-corrected chi connectivity index (χ1v) is 45.9. The van der Waals surface area contributed by atoms with E-state index in [0.717, 1.165) is 230 Å². The zero-order chi connectivity index (χ0) is 92.7. The molecule has 141 heavy (non-hydrogen) atoms. The zero-order valence-electron chi connectivity index (χ0n) is 74.3. The van der Waals surface area contributed by atoms with Crippen LogP contribution in [0.25, 0.3) is 282 Å². The molecule has 0 N–H and O–H groups in total. The molecule has 0 atom stereocenters. The number of hydrogen-bond donors (Lipinski definition) is 0. The molecule has 0 fully saturated rings. The number of rotatable bonds is 9. The van der Waals surface area contributed by atoms with Crippen molar-refractivity contribution in [1.29, 1.82) is 0 Å². The van der Waals surface area contributed by atoms with Crippen LogP contribution < -0.4 is 0 Å². The summed E-state index contributed by atoms with van der Waals surface area (Å²) in [6.45, 7) is 0. The fourth-order valence-electron chi connectivity index (χ4n) is 20.1. The number of nitrogens with zero attached hydrogens (tertiary/aromatic N) is 24. The van der Waals surface area contributed by atoms with Crippen molar-refractivity contribution in [2.24, 2.45) is 0 Å². The predicted molar refractivity (Wildman–Crippen MR) is 559 cm³/mol. The molecular formula is C117H66N24. The lowest BCUT2D eigenvalue weighted by molar-refractivity contribution is 0.934. The summed E-state index contributed by atoms with van der Waals surface area (Å²) in [6.07, 6.45) is 21.7. The standard InChI is InChI=1S/3C39H22N8/c1-3-11-25-23(9-1)21-31(27-13-5-17-40-33(25)27)35-44-36(32-22-24-10-2-4-12-26(24)34-28(32)14-6-18-41-34)46-39(45-35)47-37-29(15-7-19-42-37)30-16-8-20-43-38(30)47;1-3-10-25-23(8-1)15-16-28-29(17-21-41-33(25)28)35-44-36(32-22-24-9-2-4-11-26(24)34-27(32)12-5-18-40-34)46-39(45-35)47-37-30(13-6-19-42-37)31-14-7-20-43-38(31)47;1-3-9-29-23(7-1)13-15-25-19-27(21-42-33(25)29)35-44-36(28-20-26-16-14-24-8-2-4-10-30(24)34(26)43-22-28)46-39(45-35)47-37-31(11-5-17-40-37)32-12-6-18-41-38(32)47/h3*1-22H. The highest BCUT2D eigenvalue weighted by molar-refractivity contribution is 6.17. The second-order valence-corrected chi connectivity index (χ2v) is 34.4. The minimum Gasteiger partial charge on any atom is -0.256 e. The van der Waals surface area contributed by atoms with Crippen molar-refractivity contribution in [3.8, 4) is 86.2 Å². The van der Waals surface area contributed by atoms with Gasteiger partial charge in [0.2, 0.25) is 17.8 Å². The first-order chi connectivity index (χ1) is 69.9. The molecule has 12 aromatic carbocycles. The highest BCUT2D eigenvalue weighted by Gasteiger charge is 2.28. The fourth-order valence-corrected chi connectivity index (χ4v) is 20.1. The molecule has 18 aromatic heterocycles. The van der Waals surface area contributed by atoms with E-state index in [1.54, 1.807) is 37.2 Å². The van der Waals surface area contributed by atoms with Gasteiger partial charge in [-0.1, -0.05) is 200 Å². The van der Waals surface area contributed by atoms with Gasteiger partial charge in [0, 0.05) is 205 Å². The third kappa shape index (κ3) is 13.2. The van der Waals surface area contributed by atoms with Gasteiger partial charge in [0.05, 0.1) is 33.1 Å². The van der Waals surface area contributed by atoms with Gasteiger partial charge in [-0.05, 0) is 160 Å². The first-order valence-electron chi connectivity index (χ1n) is 45.9. The van der Waals surface area contributed by atoms with E-state index in [-0.39, 0.29) is 0 Å². The molecule has 24 nitrogen and oxygen atoms in total. The number of hydrogen-bond acceptors (Lipinski definition) is 21. The van der Waals surface area contributed by atoms with Crippen LogP contribution in [0.4, 0.5) is 0 Å². The van der Waals surface area contributed by atoms with E-state index in [1.807, 2.05) is 196 Å². The molecule has 0 unspecified atom stereocenters. The second kappa shape index (κ2) is 32.4. The summed E-state index contributed by atoms with van der Waals surface area (Å²) < 4.78 is 5.77. The molecule has 0 aliphatic carbocycles. The first kappa shape index (κ1) is 79.5. The highest BCUT2D eigenvalue weighted by atomic mass is 15.3. The maximum Gasteiger partial charge on any atom is 0.241 e. The molecule has 0 aliphatic rings. The lowest BCUT2D eigenvalue weighted by Gasteiger charge is -2.14. The Morgan fingerprint density at radius 2 is 0.376 bits per heavy atom. The SMILES string of the molecule is c1ccc2c(c1)cc(-c1nc(-c3cc4ccccc4c4ncccc34)nc(-n3c4ncccc4c4cccnc43)n1)c1cccnc12.c1ccc2c(c1)ccc1c(-c3nc(-c4cc5ccccc5c5ncccc45)nc(-n4c5ncccc5c5cccnc54)n3)ccnc12.c1ccc2c(c1)ccc1cc(-c3nc(-c4cnc5c(ccc6ccccc65)c4)nc(-n4c5ncccc5c5cccnc54)n3)cnc12. The maximum atomic E-state index is 5.23. The molecule has 30 rings (SSSR count). The Morgan fingerprint density at radius 3 is 0.709 bits per heavy atom. The lowest BCUT2D eigenvalue weighted by Crippen LogP contribution is -2.08. The quantitative estimate of drug-likeness (QED) is 0.121. The van der Waals surface area contributed by atoms with Crippen LogP contribution in [0.2, 0.25) is 0 Å². The summed E-state index contributed by atoms with van der Waals surface area (Å²) in [6, 6.07) is 111. The number of aromatic nitrogens is 24. The summed E-state index contributed by atoms with van der Waals surface area (Å²) >= 11 is 0. The smallest absolute Gasteiger partial charge is 0.241 e. The summed E-state index contributed by atoms with van der Waals surface area (Å²) in [4.78, 5) is 104. The Hall–Kier alpha value is -20.0. The summed E-state index contributed by atoms with van der Waals surface area (Å²) in [5.41, 5.74) is 14.8. The summed E-state index contributed by atoms with van der Waals surface area (Å²) in [5, 5.41) is 24.7. The molecule has 24 heteroatoms. The third-order valence-corrected chi connectivity index (χ3v) is 26.4. The van der Waals surface area contributed by atoms with Crippen LogP contribution in [0, 0.1) is 0 Å². The van der Waals surface area contributed by atoms with Gasteiger partial charge < -0.3 is 0 Å². The maximum absolute atomic E-state index is 5.23. The van der Waals surface area contributed by atoms with E-state index >= 15 is 0 Å². The summed E-state index contributed by atoms with van der Waals surface area (Å²) in [5.74, 6) is 4.37. The van der Waals surface area contributed by atoms with Crippen molar-refractivity contribution >= 4 is 196 Å². The van der Waals surface area contributed by atoms with Crippen LogP contribution in [-0.4, -0.2) is 118 Å². The second-order valence-electron chi connectivity index (χ2n) is 34.4. The molecule has 0 saturated carbocycles. The molecule has 18 heterocycles. The Kier molecular flexibility index (Phi) is 18.3. The molecule has 0 saturated heterocycles. The number of benzene rings is 12. The van der Waals surface area contributed by atoms with Crippen LogP contribution in [-0.2, 0) is 0 Å². The topological polar surface area (TPSA) is 285 Å². The number of pyridine rings is 12. The van der Waals surface area contributed by atoms with Gasteiger partial charge in [-0.25, -0.2) is 58.6 Å². The molecule has 0 spiro atoms. The van der Waals surface area contributed by atoms with Crippen molar-refractivity contribution in [2.75, 3.05) is 0 Å². The van der Waals surface area contributed by atoms with Crippen molar-refractivity contribution in [2.45, 2.75) is 0 Å². The Morgan fingerprint density at radius 1 is 0.142 bits per heavy atom. The van der Waals surface area contributed by atoms with Gasteiger partial charge in [0.15, 0.2) is 34.9 Å². The van der Waals surface area contributed by atoms with E-state index in [2.05, 4.69) is 182 Å². The van der Waals surface area contributed by atoms with Gasteiger partial charge in [-0.15, -0.1) is 0 Å². The van der Waals surface area contributed by atoms with Gasteiger partial charge in [0.25, 0.3) is 0 Å². The van der Waals surface area contributed by atoms with Crippen molar-refractivity contribution in [3.05, 3.63) is 402 Å². The van der Waals surface area contributed by atoms with Crippen LogP contribution in [0.3, 0.4) is 0 Å². The van der Waals surface area contributed by atoms with E-state index in [9.17, 15) is 0 Å². The molecule has 0 radical (unpaired) electrons. The van der Waals surface area contributed by atoms with Crippen LogP contribution in [0.1, 0.15) is 0 Å². The van der Waals surface area contributed by atoms with Crippen molar-refractivity contribution in [1.82, 2.24) is 118 Å². The van der Waals surface area contributed by atoms with Crippen molar-refractivity contribution in [3.63, 3.8) is 0 Å². The van der Waals surface area contributed by atoms with E-state index in [1.165, 1.54) is 0 Å². The predicted octanol–water partition coefficient (Wildman–Crippen LogP) is 25.5. The highest BCUT2D eigenvalue weighted by Crippen LogP contribution is 2.43.